The Morgan fingerprint density at radius 3 is 2.83 bits per heavy atom. The minimum Gasteiger partial charge on any atom is -0.335 e. The first-order chi connectivity index (χ1) is 8.67. The van der Waals surface area contributed by atoms with Crippen molar-refractivity contribution in [3.05, 3.63) is 17.5 Å². The lowest BCUT2D eigenvalue weighted by Crippen LogP contribution is -2.45. The van der Waals surface area contributed by atoms with Crippen LogP contribution in [0, 0.1) is 0 Å². The number of aromatic nitrogens is 2. The van der Waals surface area contributed by atoms with Crippen molar-refractivity contribution in [2.24, 2.45) is 7.05 Å². The van der Waals surface area contributed by atoms with Crippen LogP contribution >= 0.6 is 15.9 Å². The Labute approximate surface area is 116 Å². The smallest absolute Gasteiger partial charge is 0.257 e. The predicted octanol–water partition coefficient (Wildman–Crippen LogP) is 2.37. The minimum atomic E-state index is 0.143. The predicted molar refractivity (Wildman–Crippen MR) is 75.1 cm³/mol. The highest BCUT2D eigenvalue weighted by molar-refractivity contribution is 9.09. The summed E-state index contributed by atoms with van der Waals surface area (Å²) in [5.74, 6) is 0.143. The van der Waals surface area contributed by atoms with Crippen LogP contribution in [0.3, 0.4) is 0 Å². The van der Waals surface area contributed by atoms with Crippen molar-refractivity contribution in [1.29, 1.82) is 0 Å². The number of hydrogen-bond acceptors (Lipinski definition) is 2. The fourth-order valence-corrected chi connectivity index (χ4v) is 2.75. The average Bonchev–Trinajstić information content (AvgIpc) is 2.66. The summed E-state index contributed by atoms with van der Waals surface area (Å²) in [7, 11) is 1.87. The molecule has 0 N–H and O–H groups in total. The van der Waals surface area contributed by atoms with Crippen LogP contribution in [0.15, 0.2) is 6.20 Å². The molecule has 4 nitrogen and oxygen atoms in total. The minimum absolute atomic E-state index is 0.143. The zero-order chi connectivity index (χ0) is 13.1. The van der Waals surface area contributed by atoms with Crippen molar-refractivity contribution in [1.82, 2.24) is 14.7 Å². The third-order valence-electron chi connectivity index (χ3n) is 3.57. The third-order valence-corrected chi connectivity index (χ3v) is 3.93. The Morgan fingerprint density at radius 2 is 2.33 bits per heavy atom. The van der Waals surface area contributed by atoms with E-state index in [2.05, 4.69) is 21.0 Å². The molecule has 0 unspecified atom stereocenters. The van der Waals surface area contributed by atoms with Crippen LogP contribution in [-0.4, -0.2) is 38.5 Å². The molecule has 0 saturated heterocycles. The monoisotopic (exact) mass is 313 g/mol. The van der Waals surface area contributed by atoms with Gasteiger partial charge < -0.3 is 4.90 Å². The van der Waals surface area contributed by atoms with Gasteiger partial charge in [-0.25, -0.2) is 0 Å². The first-order valence-electron chi connectivity index (χ1n) is 6.56. The highest BCUT2D eigenvalue weighted by Crippen LogP contribution is 2.26. The largest absolute Gasteiger partial charge is 0.335 e. The van der Waals surface area contributed by atoms with Gasteiger partial charge in [0, 0.05) is 31.2 Å². The lowest BCUT2D eigenvalue weighted by atomic mass is 9.91. The van der Waals surface area contributed by atoms with E-state index in [-0.39, 0.29) is 5.91 Å². The van der Waals surface area contributed by atoms with Crippen molar-refractivity contribution in [3.63, 3.8) is 0 Å². The van der Waals surface area contributed by atoms with E-state index in [1.165, 1.54) is 6.42 Å². The van der Waals surface area contributed by atoms with Gasteiger partial charge in [0.1, 0.15) is 0 Å². The van der Waals surface area contributed by atoms with Crippen LogP contribution in [0.4, 0.5) is 0 Å². The van der Waals surface area contributed by atoms with Crippen molar-refractivity contribution in [2.45, 2.75) is 38.6 Å². The van der Waals surface area contributed by atoms with Gasteiger partial charge in [-0.05, 0) is 25.7 Å². The maximum absolute atomic E-state index is 12.6. The lowest BCUT2D eigenvalue weighted by Gasteiger charge is -2.37. The number of halogens is 1. The molecule has 0 bridgehead atoms. The summed E-state index contributed by atoms with van der Waals surface area (Å²) in [4.78, 5) is 14.6. The van der Waals surface area contributed by atoms with Crippen molar-refractivity contribution >= 4 is 21.8 Å². The maximum atomic E-state index is 12.6. The molecule has 0 atom stereocenters. The van der Waals surface area contributed by atoms with E-state index in [0.29, 0.717) is 6.04 Å². The molecular weight excluding hydrogens is 294 g/mol. The van der Waals surface area contributed by atoms with E-state index in [9.17, 15) is 4.79 Å². The summed E-state index contributed by atoms with van der Waals surface area (Å²) in [6, 6.07) is 0.431. The number of carbonyl (C=O) groups excluding carboxylic acids is 1. The highest BCUT2D eigenvalue weighted by atomic mass is 79.9. The van der Waals surface area contributed by atoms with E-state index in [0.717, 1.165) is 42.4 Å². The molecule has 1 aromatic heterocycles. The molecule has 1 saturated carbocycles. The second-order valence-corrected chi connectivity index (χ2v) is 5.58. The SMILES string of the molecule is CCc1nn(C)cc1C(=O)N(CCBr)C1CCC1. The number of nitrogens with zero attached hydrogens (tertiary/aromatic N) is 3. The third kappa shape index (κ3) is 2.60. The average molecular weight is 314 g/mol. The quantitative estimate of drug-likeness (QED) is 0.783. The number of carbonyl (C=O) groups is 1. The van der Waals surface area contributed by atoms with Crippen LogP contribution in [0.2, 0.25) is 0 Å². The normalized spacial score (nSPS) is 15.5. The molecule has 2 rings (SSSR count). The van der Waals surface area contributed by atoms with Crippen molar-refractivity contribution in [3.8, 4) is 0 Å². The van der Waals surface area contributed by atoms with Crippen molar-refractivity contribution < 1.29 is 4.79 Å². The van der Waals surface area contributed by atoms with Crippen LogP contribution in [0.25, 0.3) is 0 Å². The van der Waals surface area contributed by atoms with Gasteiger partial charge in [-0.2, -0.15) is 5.10 Å². The second kappa shape index (κ2) is 5.87. The zero-order valence-electron chi connectivity index (χ0n) is 11.0. The molecule has 1 fully saturated rings. The first-order valence-corrected chi connectivity index (χ1v) is 7.69. The molecule has 1 heterocycles. The molecular formula is C13H20BrN3O. The van der Waals surface area contributed by atoms with Gasteiger partial charge in [0.15, 0.2) is 0 Å². The van der Waals surface area contributed by atoms with Gasteiger partial charge in [-0.1, -0.05) is 22.9 Å². The molecule has 100 valence electrons. The summed E-state index contributed by atoms with van der Waals surface area (Å²) in [6.45, 7) is 2.82. The number of hydrogen-bond donors (Lipinski definition) is 0. The highest BCUT2D eigenvalue weighted by Gasteiger charge is 2.30. The Morgan fingerprint density at radius 1 is 1.61 bits per heavy atom. The summed E-state index contributed by atoms with van der Waals surface area (Å²) >= 11 is 3.44. The molecule has 5 heteroatoms. The fourth-order valence-electron chi connectivity index (χ4n) is 2.37. The van der Waals surface area contributed by atoms with E-state index < -0.39 is 0 Å². The number of aryl methyl sites for hydroxylation is 2. The van der Waals surface area contributed by atoms with Gasteiger partial charge in [-0.3, -0.25) is 9.48 Å². The molecule has 18 heavy (non-hydrogen) atoms. The Bertz CT molecular complexity index is 426. The molecule has 0 aromatic carbocycles. The van der Waals surface area contributed by atoms with Gasteiger partial charge in [0.2, 0.25) is 0 Å². The number of alkyl halides is 1. The van der Waals surface area contributed by atoms with E-state index in [1.54, 1.807) is 4.68 Å². The van der Waals surface area contributed by atoms with Gasteiger partial charge in [-0.15, -0.1) is 0 Å². The molecule has 0 aliphatic heterocycles. The summed E-state index contributed by atoms with van der Waals surface area (Å²) in [6.07, 6.45) is 6.17. The number of rotatable bonds is 5. The summed E-state index contributed by atoms with van der Waals surface area (Å²) < 4.78 is 1.74. The molecule has 1 aliphatic carbocycles. The molecule has 1 amide bonds. The zero-order valence-corrected chi connectivity index (χ0v) is 12.6. The number of amides is 1. The summed E-state index contributed by atoms with van der Waals surface area (Å²) in [5.41, 5.74) is 1.68. The Balaban J connectivity index is 2.20. The van der Waals surface area contributed by atoms with E-state index in [1.807, 2.05) is 25.1 Å². The van der Waals surface area contributed by atoms with Crippen LogP contribution in [-0.2, 0) is 13.5 Å². The van der Waals surface area contributed by atoms with Crippen LogP contribution in [0.1, 0.15) is 42.2 Å². The molecule has 0 radical (unpaired) electrons. The molecule has 0 spiro atoms. The Hall–Kier alpha value is -0.840. The van der Waals surface area contributed by atoms with Crippen molar-refractivity contribution in [2.75, 3.05) is 11.9 Å². The standard InChI is InChI=1S/C13H20BrN3O/c1-3-12-11(9-16(2)15-12)13(18)17(8-7-14)10-5-4-6-10/h9-10H,3-8H2,1-2H3. The van der Waals surface area contributed by atoms with Gasteiger partial charge in [0.05, 0.1) is 11.3 Å². The van der Waals surface area contributed by atoms with Crippen LogP contribution in [0.5, 0.6) is 0 Å². The second-order valence-electron chi connectivity index (χ2n) is 4.79. The molecule has 1 aliphatic rings. The fraction of sp³-hybridized carbons (Fsp3) is 0.692. The topological polar surface area (TPSA) is 38.1 Å². The summed E-state index contributed by atoms with van der Waals surface area (Å²) in [5, 5.41) is 5.18. The van der Waals surface area contributed by atoms with Gasteiger partial charge >= 0.3 is 0 Å². The molecule has 1 aromatic rings. The maximum Gasteiger partial charge on any atom is 0.257 e. The first kappa shape index (κ1) is 13.6. The van der Waals surface area contributed by atoms with E-state index >= 15 is 0 Å². The van der Waals surface area contributed by atoms with E-state index in [4.69, 9.17) is 0 Å². The lowest BCUT2D eigenvalue weighted by molar-refractivity contribution is 0.0598. The van der Waals surface area contributed by atoms with Crippen LogP contribution < -0.4 is 0 Å². The Kier molecular flexibility index (Phi) is 4.43. The van der Waals surface area contributed by atoms with Gasteiger partial charge in [0.25, 0.3) is 5.91 Å².